The summed E-state index contributed by atoms with van der Waals surface area (Å²) in [7, 11) is 0. The van der Waals surface area contributed by atoms with Crippen LogP contribution in [0.4, 0.5) is 15.8 Å². The number of hydrogen-bond donors (Lipinski definition) is 3. The maximum atomic E-state index is 13.1. The number of rotatable bonds is 5. The van der Waals surface area contributed by atoms with Crippen LogP contribution in [-0.4, -0.2) is 18.4 Å². The van der Waals surface area contributed by atoms with Gasteiger partial charge in [-0.2, -0.15) is 0 Å². The molecule has 2 aromatic rings. The van der Waals surface area contributed by atoms with Crippen LogP contribution in [0.25, 0.3) is 0 Å². The van der Waals surface area contributed by atoms with Gasteiger partial charge in [-0.3, -0.25) is 9.59 Å². The van der Waals surface area contributed by atoms with Crippen molar-refractivity contribution in [3.05, 3.63) is 58.9 Å². The van der Waals surface area contributed by atoms with Gasteiger partial charge in [0, 0.05) is 24.2 Å². The second-order valence-electron chi connectivity index (χ2n) is 4.75. The highest BCUT2D eigenvalue weighted by atomic mass is 35.5. The van der Waals surface area contributed by atoms with Crippen molar-refractivity contribution in [2.45, 2.75) is 6.42 Å². The summed E-state index contributed by atoms with van der Waals surface area (Å²) in [5.41, 5.74) is 6.29. The van der Waals surface area contributed by atoms with E-state index < -0.39 is 11.7 Å². The van der Waals surface area contributed by atoms with E-state index in [4.69, 9.17) is 17.3 Å². The largest absolute Gasteiger partial charge is 0.330 e. The number of benzene rings is 2. The predicted octanol–water partition coefficient (Wildman–Crippen LogP) is 3.02. The molecule has 0 radical (unpaired) electrons. The fourth-order valence-corrected chi connectivity index (χ4v) is 2.04. The summed E-state index contributed by atoms with van der Waals surface area (Å²) in [6.45, 7) is 0.222. The van der Waals surface area contributed by atoms with E-state index in [0.29, 0.717) is 16.4 Å². The molecule has 120 valence electrons. The molecular formula is C16H15ClFN3O2. The molecule has 2 aromatic carbocycles. The average Bonchev–Trinajstić information content (AvgIpc) is 2.51. The zero-order valence-electron chi connectivity index (χ0n) is 12.1. The maximum absolute atomic E-state index is 13.1. The van der Waals surface area contributed by atoms with E-state index in [2.05, 4.69) is 10.6 Å². The van der Waals surface area contributed by atoms with Crippen molar-refractivity contribution in [1.82, 2.24) is 0 Å². The Balaban J connectivity index is 2.14. The number of carbonyl (C=O) groups is 2. The van der Waals surface area contributed by atoms with Gasteiger partial charge in [0.1, 0.15) is 5.82 Å². The fourth-order valence-electron chi connectivity index (χ4n) is 1.88. The summed E-state index contributed by atoms with van der Waals surface area (Å²) in [4.78, 5) is 23.7. The summed E-state index contributed by atoms with van der Waals surface area (Å²) >= 11 is 6.01. The third kappa shape index (κ3) is 4.77. The van der Waals surface area contributed by atoms with Gasteiger partial charge in [0.15, 0.2) is 0 Å². The summed E-state index contributed by atoms with van der Waals surface area (Å²) in [6.07, 6.45) is 0.163. The monoisotopic (exact) mass is 335 g/mol. The van der Waals surface area contributed by atoms with Gasteiger partial charge in [0.2, 0.25) is 5.91 Å². The van der Waals surface area contributed by atoms with Gasteiger partial charge in [-0.25, -0.2) is 4.39 Å². The van der Waals surface area contributed by atoms with Crippen LogP contribution in [0.5, 0.6) is 0 Å². The van der Waals surface area contributed by atoms with Crippen molar-refractivity contribution < 1.29 is 14.0 Å². The molecule has 4 N–H and O–H groups in total. The number of nitrogens with two attached hydrogens (primary N) is 1. The van der Waals surface area contributed by atoms with E-state index in [-0.39, 0.29) is 24.4 Å². The van der Waals surface area contributed by atoms with Crippen molar-refractivity contribution in [3.8, 4) is 0 Å². The second kappa shape index (κ2) is 7.71. The normalized spacial score (nSPS) is 10.2. The molecule has 2 amide bonds. The first-order valence-corrected chi connectivity index (χ1v) is 7.24. The Morgan fingerprint density at radius 2 is 1.91 bits per heavy atom. The van der Waals surface area contributed by atoms with Crippen LogP contribution < -0.4 is 16.4 Å². The molecule has 0 aliphatic heterocycles. The number of nitrogens with one attached hydrogen (secondary N) is 2. The molecule has 0 heterocycles. The first-order chi connectivity index (χ1) is 11.0. The highest BCUT2D eigenvalue weighted by molar-refractivity contribution is 6.33. The Labute approximate surface area is 137 Å². The van der Waals surface area contributed by atoms with Gasteiger partial charge in [-0.1, -0.05) is 17.7 Å². The number of carbonyl (C=O) groups excluding carboxylic acids is 2. The highest BCUT2D eigenvalue weighted by Crippen LogP contribution is 2.26. The molecule has 0 saturated carbocycles. The third-order valence-corrected chi connectivity index (χ3v) is 3.29. The lowest BCUT2D eigenvalue weighted by molar-refractivity contribution is -0.116. The molecule has 7 heteroatoms. The Morgan fingerprint density at radius 1 is 1.13 bits per heavy atom. The van der Waals surface area contributed by atoms with Crippen LogP contribution in [-0.2, 0) is 4.79 Å². The SMILES string of the molecule is NCCC(=O)Nc1cc(NC(=O)c2cccc(F)c2)ccc1Cl. The molecule has 0 bridgehead atoms. The molecule has 0 atom stereocenters. The van der Waals surface area contributed by atoms with Crippen LogP contribution >= 0.6 is 11.6 Å². The summed E-state index contributed by atoms with van der Waals surface area (Å²) < 4.78 is 13.1. The molecule has 23 heavy (non-hydrogen) atoms. The van der Waals surface area contributed by atoms with Crippen molar-refractivity contribution in [3.63, 3.8) is 0 Å². The van der Waals surface area contributed by atoms with Gasteiger partial charge >= 0.3 is 0 Å². The lowest BCUT2D eigenvalue weighted by Crippen LogP contribution is -2.17. The third-order valence-electron chi connectivity index (χ3n) is 2.96. The standard InChI is InChI=1S/C16H15ClFN3O2/c17-13-5-4-12(9-14(13)21-15(22)6-7-19)20-16(23)10-2-1-3-11(18)8-10/h1-5,8-9H,6-7,19H2,(H,20,23)(H,21,22). The molecule has 2 rings (SSSR count). The van der Waals surface area contributed by atoms with Gasteiger partial charge in [0.05, 0.1) is 10.7 Å². The van der Waals surface area contributed by atoms with E-state index in [1.54, 1.807) is 12.1 Å². The minimum Gasteiger partial charge on any atom is -0.330 e. The van der Waals surface area contributed by atoms with Crippen molar-refractivity contribution in [1.29, 1.82) is 0 Å². The second-order valence-corrected chi connectivity index (χ2v) is 5.15. The quantitative estimate of drug-likeness (QED) is 0.785. The number of halogens is 2. The van der Waals surface area contributed by atoms with Crippen LogP contribution in [0.3, 0.4) is 0 Å². The topological polar surface area (TPSA) is 84.2 Å². The van der Waals surface area contributed by atoms with E-state index in [9.17, 15) is 14.0 Å². The smallest absolute Gasteiger partial charge is 0.255 e. The Bertz CT molecular complexity index is 737. The van der Waals surface area contributed by atoms with Gasteiger partial charge in [0.25, 0.3) is 5.91 Å². The first kappa shape index (κ1) is 16.9. The predicted molar refractivity (Wildman–Crippen MR) is 88.1 cm³/mol. The highest BCUT2D eigenvalue weighted by Gasteiger charge is 2.10. The van der Waals surface area contributed by atoms with E-state index >= 15 is 0 Å². The zero-order valence-corrected chi connectivity index (χ0v) is 12.9. The molecule has 0 aliphatic rings. The Hall–Kier alpha value is -2.44. The minimum atomic E-state index is -0.497. The van der Waals surface area contributed by atoms with E-state index in [1.165, 1.54) is 24.3 Å². The summed E-state index contributed by atoms with van der Waals surface area (Å²) in [5, 5.41) is 5.56. The van der Waals surface area contributed by atoms with Crippen molar-refractivity contribution in [2.75, 3.05) is 17.2 Å². The molecule has 0 aliphatic carbocycles. The number of anilines is 2. The Kier molecular flexibility index (Phi) is 5.67. The van der Waals surface area contributed by atoms with Crippen molar-refractivity contribution >= 4 is 34.8 Å². The van der Waals surface area contributed by atoms with Crippen LogP contribution in [0.2, 0.25) is 5.02 Å². The van der Waals surface area contributed by atoms with Gasteiger partial charge in [-0.15, -0.1) is 0 Å². The van der Waals surface area contributed by atoms with Gasteiger partial charge in [-0.05, 0) is 36.4 Å². The fraction of sp³-hybridized carbons (Fsp3) is 0.125. The lowest BCUT2D eigenvalue weighted by atomic mass is 10.2. The van der Waals surface area contributed by atoms with Gasteiger partial charge < -0.3 is 16.4 Å². The first-order valence-electron chi connectivity index (χ1n) is 6.86. The molecular weight excluding hydrogens is 321 g/mol. The summed E-state index contributed by atoms with van der Waals surface area (Å²) in [5.74, 6) is -1.24. The summed E-state index contributed by atoms with van der Waals surface area (Å²) in [6, 6.07) is 9.98. The Morgan fingerprint density at radius 3 is 2.61 bits per heavy atom. The molecule has 5 nitrogen and oxygen atoms in total. The van der Waals surface area contributed by atoms with Crippen LogP contribution in [0, 0.1) is 5.82 Å². The van der Waals surface area contributed by atoms with Crippen LogP contribution in [0.1, 0.15) is 16.8 Å². The van der Waals surface area contributed by atoms with E-state index in [0.717, 1.165) is 6.07 Å². The van der Waals surface area contributed by atoms with Crippen LogP contribution in [0.15, 0.2) is 42.5 Å². The van der Waals surface area contributed by atoms with Crippen molar-refractivity contribution in [2.24, 2.45) is 5.73 Å². The van der Waals surface area contributed by atoms with E-state index in [1.807, 2.05) is 0 Å². The average molecular weight is 336 g/mol. The molecule has 0 fully saturated rings. The molecule has 0 unspecified atom stereocenters. The zero-order chi connectivity index (χ0) is 16.8. The molecule has 0 aromatic heterocycles. The lowest BCUT2D eigenvalue weighted by Gasteiger charge is -2.10. The number of hydrogen-bond acceptors (Lipinski definition) is 3. The minimum absolute atomic E-state index is 0.163. The number of amides is 2. The molecule has 0 saturated heterocycles. The maximum Gasteiger partial charge on any atom is 0.255 e. The molecule has 0 spiro atoms.